The molecule has 2 aliphatic rings. The summed E-state index contributed by atoms with van der Waals surface area (Å²) in [6, 6.07) is 3.78. The van der Waals surface area contributed by atoms with Crippen molar-refractivity contribution in [2.75, 3.05) is 4.90 Å². The Bertz CT molecular complexity index is 751. The number of primary amides is 1. The highest BCUT2D eigenvalue weighted by Crippen LogP contribution is 2.45. The summed E-state index contributed by atoms with van der Waals surface area (Å²) in [5.74, 6) is 0.0827. The molecule has 0 aromatic heterocycles. The number of rotatable bonds is 3. The van der Waals surface area contributed by atoms with Crippen LogP contribution in [0, 0.1) is 12.3 Å². The van der Waals surface area contributed by atoms with Gasteiger partial charge < -0.3 is 15.2 Å². The Morgan fingerprint density at radius 1 is 1.21 bits per heavy atom. The summed E-state index contributed by atoms with van der Waals surface area (Å²) in [6.07, 6.45) is 3.53. The smallest absolute Gasteiger partial charge is 0.395 e. The zero-order valence-electron chi connectivity index (χ0n) is 12.6. The first-order valence-corrected chi connectivity index (χ1v) is 7.30. The molecule has 1 aliphatic heterocycles. The molecular formula is C16H14F2N2O4. The van der Waals surface area contributed by atoms with Gasteiger partial charge in [0.1, 0.15) is 5.54 Å². The summed E-state index contributed by atoms with van der Waals surface area (Å²) in [6.45, 7) is 0. The zero-order valence-corrected chi connectivity index (χ0v) is 12.6. The van der Waals surface area contributed by atoms with E-state index in [-0.39, 0.29) is 17.2 Å². The molecule has 0 radical (unpaired) electrons. The lowest BCUT2D eigenvalue weighted by Gasteiger charge is -2.37. The molecular weight excluding hydrogens is 322 g/mol. The number of benzene rings is 1. The second-order valence-electron chi connectivity index (χ2n) is 5.69. The van der Waals surface area contributed by atoms with E-state index < -0.39 is 23.6 Å². The third-order valence-electron chi connectivity index (χ3n) is 4.29. The van der Waals surface area contributed by atoms with Crippen molar-refractivity contribution in [3.8, 4) is 23.8 Å². The van der Waals surface area contributed by atoms with Crippen LogP contribution in [0.2, 0.25) is 0 Å². The summed E-state index contributed by atoms with van der Waals surface area (Å²) in [5.41, 5.74) is 4.42. The van der Waals surface area contributed by atoms with Gasteiger partial charge in [-0.15, -0.1) is 15.2 Å². The van der Waals surface area contributed by atoms with E-state index in [4.69, 9.17) is 12.2 Å². The van der Waals surface area contributed by atoms with Crippen molar-refractivity contribution in [1.82, 2.24) is 0 Å². The molecule has 3 rings (SSSR count). The molecule has 1 heterocycles. The van der Waals surface area contributed by atoms with Crippen LogP contribution in [0.3, 0.4) is 0 Å². The van der Waals surface area contributed by atoms with E-state index in [0.29, 0.717) is 25.7 Å². The van der Waals surface area contributed by atoms with Gasteiger partial charge in [0.25, 0.3) is 0 Å². The first-order chi connectivity index (χ1) is 11.3. The van der Waals surface area contributed by atoms with Crippen LogP contribution < -0.4 is 20.1 Å². The number of ether oxygens (including phenoxy) is 2. The van der Waals surface area contributed by atoms with Crippen LogP contribution in [0.5, 0.6) is 11.5 Å². The van der Waals surface area contributed by atoms with Crippen LogP contribution >= 0.6 is 0 Å². The summed E-state index contributed by atoms with van der Waals surface area (Å²) in [7, 11) is 0. The van der Waals surface area contributed by atoms with E-state index >= 15 is 0 Å². The molecule has 0 saturated heterocycles. The Morgan fingerprint density at radius 3 is 2.42 bits per heavy atom. The van der Waals surface area contributed by atoms with E-state index in [1.165, 1.54) is 18.2 Å². The maximum atomic E-state index is 13.2. The first kappa shape index (κ1) is 16.1. The normalized spacial score (nSPS) is 19.5. The maximum absolute atomic E-state index is 13.2. The molecule has 2 amide bonds. The van der Waals surface area contributed by atoms with Crippen LogP contribution in [0.15, 0.2) is 18.2 Å². The second-order valence-corrected chi connectivity index (χ2v) is 5.69. The van der Waals surface area contributed by atoms with Crippen LogP contribution in [-0.2, 0) is 9.59 Å². The minimum atomic E-state index is -3.78. The van der Waals surface area contributed by atoms with Gasteiger partial charge in [-0.05, 0) is 30.9 Å². The number of hydrogen-bond donors (Lipinski definition) is 1. The van der Waals surface area contributed by atoms with Crippen molar-refractivity contribution in [3.63, 3.8) is 0 Å². The third kappa shape index (κ3) is 2.42. The van der Waals surface area contributed by atoms with Gasteiger partial charge >= 0.3 is 12.2 Å². The molecule has 0 atom stereocenters. The molecule has 1 aromatic carbocycles. The third-order valence-corrected chi connectivity index (χ3v) is 4.29. The van der Waals surface area contributed by atoms with Crippen LogP contribution in [0.25, 0.3) is 0 Å². The van der Waals surface area contributed by atoms with Gasteiger partial charge in [-0.2, -0.15) is 0 Å². The number of terminal acetylenes is 1. The molecule has 1 saturated carbocycles. The standard InChI is InChI=1S/C16H14F2N2O4/c1-2-13(21)20(15(14(19)22)7-3-4-8-15)10-5-6-11-12(9-10)24-16(17,18)23-11/h1,5-6,9H,3-4,7-8H2,(H2,19,22). The molecule has 126 valence electrons. The average molecular weight is 336 g/mol. The van der Waals surface area contributed by atoms with E-state index in [0.717, 1.165) is 4.90 Å². The van der Waals surface area contributed by atoms with Crippen LogP contribution in [-0.4, -0.2) is 23.6 Å². The Hall–Kier alpha value is -2.82. The minimum absolute atomic E-state index is 0.152. The average Bonchev–Trinajstić information content (AvgIpc) is 3.10. The number of amides is 2. The molecule has 0 bridgehead atoms. The number of nitrogens with two attached hydrogens (primary N) is 1. The Labute approximate surface area is 136 Å². The Balaban J connectivity index is 2.08. The van der Waals surface area contributed by atoms with Gasteiger partial charge in [-0.25, -0.2) is 0 Å². The number of fused-ring (bicyclic) bond motifs is 1. The molecule has 6 nitrogen and oxygen atoms in total. The van der Waals surface area contributed by atoms with Gasteiger partial charge in [0.05, 0.1) is 0 Å². The van der Waals surface area contributed by atoms with Crippen molar-refractivity contribution in [3.05, 3.63) is 18.2 Å². The lowest BCUT2D eigenvalue weighted by atomic mass is 9.93. The number of halogens is 2. The highest BCUT2D eigenvalue weighted by atomic mass is 19.3. The molecule has 2 N–H and O–H groups in total. The molecule has 24 heavy (non-hydrogen) atoms. The quantitative estimate of drug-likeness (QED) is 0.853. The summed E-state index contributed by atoms with van der Waals surface area (Å²) < 4.78 is 35.1. The Kier molecular flexibility index (Phi) is 3.59. The largest absolute Gasteiger partial charge is 0.586 e. The van der Waals surface area contributed by atoms with Gasteiger partial charge in [-0.1, -0.05) is 12.8 Å². The van der Waals surface area contributed by atoms with Crippen molar-refractivity contribution in [2.45, 2.75) is 37.5 Å². The Morgan fingerprint density at radius 2 is 1.83 bits per heavy atom. The predicted octanol–water partition coefficient (Wildman–Crippen LogP) is 1.77. The molecule has 0 spiro atoms. The number of anilines is 1. The van der Waals surface area contributed by atoms with Crippen molar-refractivity contribution < 1.29 is 27.8 Å². The number of alkyl halides is 2. The minimum Gasteiger partial charge on any atom is -0.395 e. The SMILES string of the molecule is C#CC(=O)N(c1ccc2c(c1)OC(F)(F)O2)C1(C(N)=O)CCCC1. The van der Waals surface area contributed by atoms with Crippen molar-refractivity contribution in [2.24, 2.45) is 5.73 Å². The monoisotopic (exact) mass is 336 g/mol. The zero-order chi connectivity index (χ0) is 17.5. The highest BCUT2D eigenvalue weighted by molar-refractivity contribution is 6.11. The number of carbonyl (C=O) groups is 2. The summed E-state index contributed by atoms with van der Waals surface area (Å²) in [5, 5.41) is 0. The van der Waals surface area contributed by atoms with E-state index in [2.05, 4.69) is 9.47 Å². The van der Waals surface area contributed by atoms with Gasteiger partial charge in [0, 0.05) is 11.8 Å². The van der Waals surface area contributed by atoms with E-state index in [1.54, 1.807) is 0 Å². The van der Waals surface area contributed by atoms with Gasteiger partial charge in [0.2, 0.25) is 5.91 Å². The fourth-order valence-electron chi connectivity index (χ4n) is 3.24. The topological polar surface area (TPSA) is 81.9 Å². The van der Waals surface area contributed by atoms with E-state index in [9.17, 15) is 18.4 Å². The lowest BCUT2D eigenvalue weighted by Crippen LogP contribution is -2.58. The molecule has 1 aromatic rings. The highest BCUT2D eigenvalue weighted by Gasteiger charge is 2.49. The van der Waals surface area contributed by atoms with Gasteiger partial charge in [0.15, 0.2) is 11.5 Å². The van der Waals surface area contributed by atoms with Crippen molar-refractivity contribution >= 4 is 17.5 Å². The van der Waals surface area contributed by atoms with Gasteiger partial charge in [-0.3, -0.25) is 14.5 Å². The van der Waals surface area contributed by atoms with Crippen molar-refractivity contribution in [1.29, 1.82) is 0 Å². The molecule has 8 heteroatoms. The fourth-order valence-corrected chi connectivity index (χ4v) is 3.24. The summed E-state index contributed by atoms with van der Waals surface area (Å²) in [4.78, 5) is 25.5. The lowest BCUT2D eigenvalue weighted by molar-refractivity contribution is -0.286. The summed E-state index contributed by atoms with van der Waals surface area (Å²) >= 11 is 0. The maximum Gasteiger partial charge on any atom is 0.586 e. The number of hydrogen-bond acceptors (Lipinski definition) is 4. The predicted molar refractivity (Wildman–Crippen MR) is 79.4 cm³/mol. The fraction of sp³-hybridized carbons (Fsp3) is 0.375. The molecule has 0 unspecified atom stereocenters. The molecule has 1 fully saturated rings. The van der Waals surface area contributed by atoms with Crippen LogP contribution in [0.4, 0.5) is 14.5 Å². The second kappa shape index (κ2) is 5.37. The van der Waals surface area contributed by atoms with E-state index in [1.807, 2.05) is 5.92 Å². The molecule has 1 aliphatic carbocycles. The first-order valence-electron chi connectivity index (χ1n) is 7.30. The number of carbonyl (C=O) groups excluding carboxylic acids is 2. The number of nitrogens with zero attached hydrogens (tertiary/aromatic N) is 1. The van der Waals surface area contributed by atoms with Crippen LogP contribution in [0.1, 0.15) is 25.7 Å².